The monoisotopic (exact) mass is 489 g/mol. The Kier molecular flexibility index (Phi) is 4.83. The van der Waals surface area contributed by atoms with Gasteiger partial charge in [-0.3, -0.25) is 9.47 Å². The highest BCUT2D eigenvalue weighted by Gasteiger charge is 2.53. The molecule has 2 fully saturated rings. The zero-order chi connectivity index (χ0) is 23.7. The van der Waals surface area contributed by atoms with Crippen LogP contribution in [0.1, 0.15) is 17.1 Å². The molecule has 0 saturated carbocycles. The molecule has 3 aliphatic heterocycles. The first-order valence-corrected chi connectivity index (χ1v) is 11.5. The van der Waals surface area contributed by atoms with Crippen LogP contribution in [-0.4, -0.2) is 63.5 Å². The fraction of sp³-hybridized carbons (Fsp3) is 0.435. The first-order chi connectivity index (χ1) is 16.2. The van der Waals surface area contributed by atoms with Crippen LogP contribution in [0.2, 0.25) is 5.02 Å². The minimum atomic E-state index is -4.30. The van der Waals surface area contributed by atoms with Gasteiger partial charge in [-0.25, -0.2) is 4.98 Å². The third kappa shape index (κ3) is 3.78. The molecule has 6 rings (SSSR count). The van der Waals surface area contributed by atoms with Gasteiger partial charge in [0, 0.05) is 48.9 Å². The summed E-state index contributed by atoms with van der Waals surface area (Å²) in [5.41, 5.74) is 2.68. The molecule has 0 atom stereocenters. The molecular formula is C23H23ClF3N7. The van der Waals surface area contributed by atoms with Crippen molar-refractivity contribution in [2.75, 3.05) is 42.5 Å². The van der Waals surface area contributed by atoms with Crippen molar-refractivity contribution < 1.29 is 13.2 Å². The molecular weight excluding hydrogens is 467 g/mol. The Labute approximate surface area is 199 Å². The molecule has 7 nitrogen and oxygen atoms in total. The summed E-state index contributed by atoms with van der Waals surface area (Å²) in [6.07, 6.45) is -4.30. The van der Waals surface area contributed by atoms with Crippen molar-refractivity contribution in [3.8, 4) is 5.69 Å². The topological polar surface area (TPSA) is 53.3 Å². The lowest BCUT2D eigenvalue weighted by Crippen LogP contribution is -2.73. The first-order valence-electron chi connectivity index (χ1n) is 11.1. The predicted octanol–water partition coefficient (Wildman–Crippen LogP) is 3.83. The summed E-state index contributed by atoms with van der Waals surface area (Å²) in [6, 6.07) is 11.4. The fourth-order valence-corrected chi connectivity index (χ4v) is 5.55. The van der Waals surface area contributed by atoms with E-state index in [2.05, 4.69) is 25.0 Å². The number of nitrogens with zero attached hydrogens (tertiary/aromatic N) is 7. The van der Waals surface area contributed by atoms with E-state index in [4.69, 9.17) is 11.6 Å². The van der Waals surface area contributed by atoms with E-state index < -0.39 is 12.7 Å². The van der Waals surface area contributed by atoms with E-state index in [1.807, 2.05) is 35.8 Å². The Bertz CT molecular complexity index is 1240. The number of alkyl halides is 3. The largest absolute Gasteiger partial charge is 0.401 e. The number of hydrogen-bond acceptors (Lipinski definition) is 6. The van der Waals surface area contributed by atoms with Gasteiger partial charge in [0.25, 0.3) is 0 Å². The SMILES string of the molecule is Cc1cccc(N2CC3(C2)CN(c2nnc4n2-c2ccc(Cl)cc2CN(CC(F)(F)F)C4)C3)n1. The zero-order valence-electron chi connectivity index (χ0n) is 18.6. The maximum Gasteiger partial charge on any atom is 0.401 e. The molecule has 2 saturated heterocycles. The van der Waals surface area contributed by atoms with Crippen LogP contribution in [0.3, 0.4) is 0 Å². The Morgan fingerprint density at radius 3 is 2.50 bits per heavy atom. The third-order valence-corrected chi connectivity index (χ3v) is 6.98. The number of halogens is 4. The van der Waals surface area contributed by atoms with Crippen molar-refractivity contribution in [2.45, 2.75) is 26.2 Å². The van der Waals surface area contributed by atoms with Gasteiger partial charge >= 0.3 is 6.18 Å². The van der Waals surface area contributed by atoms with E-state index >= 15 is 0 Å². The number of pyridine rings is 1. The van der Waals surface area contributed by atoms with Crippen LogP contribution in [0.25, 0.3) is 5.69 Å². The average Bonchev–Trinajstić information content (AvgIpc) is 3.01. The summed E-state index contributed by atoms with van der Waals surface area (Å²) in [5.74, 6) is 2.17. The molecule has 34 heavy (non-hydrogen) atoms. The molecule has 1 spiro atoms. The Hall–Kier alpha value is -2.85. The van der Waals surface area contributed by atoms with E-state index in [1.54, 1.807) is 12.1 Å². The summed E-state index contributed by atoms with van der Waals surface area (Å²) >= 11 is 6.19. The fourth-order valence-electron chi connectivity index (χ4n) is 5.36. The van der Waals surface area contributed by atoms with Gasteiger partial charge in [0.2, 0.25) is 5.95 Å². The van der Waals surface area contributed by atoms with E-state index in [0.29, 0.717) is 16.8 Å². The van der Waals surface area contributed by atoms with Crippen LogP contribution in [-0.2, 0) is 13.1 Å². The van der Waals surface area contributed by atoms with Crippen molar-refractivity contribution in [1.29, 1.82) is 0 Å². The van der Waals surface area contributed by atoms with E-state index in [-0.39, 0.29) is 18.5 Å². The molecule has 0 N–H and O–H groups in total. The smallest absolute Gasteiger partial charge is 0.355 e. The molecule has 0 amide bonds. The van der Waals surface area contributed by atoms with Crippen LogP contribution in [0.5, 0.6) is 0 Å². The number of aryl methyl sites for hydroxylation is 1. The molecule has 1 aromatic carbocycles. The highest BCUT2D eigenvalue weighted by Crippen LogP contribution is 2.44. The van der Waals surface area contributed by atoms with Crippen LogP contribution in [0, 0.1) is 12.3 Å². The molecule has 2 aromatic heterocycles. The first kappa shape index (κ1) is 21.7. The molecule has 11 heteroatoms. The maximum atomic E-state index is 13.2. The van der Waals surface area contributed by atoms with Crippen molar-refractivity contribution in [3.05, 3.63) is 58.5 Å². The third-order valence-electron chi connectivity index (χ3n) is 6.74. The highest BCUT2D eigenvalue weighted by atomic mass is 35.5. The maximum absolute atomic E-state index is 13.2. The molecule has 0 bridgehead atoms. The lowest BCUT2D eigenvalue weighted by molar-refractivity contribution is -0.148. The van der Waals surface area contributed by atoms with Crippen molar-refractivity contribution in [1.82, 2.24) is 24.6 Å². The lowest BCUT2D eigenvalue weighted by atomic mass is 9.73. The average molecular weight is 490 g/mol. The van der Waals surface area contributed by atoms with Crippen LogP contribution >= 0.6 is 11.6 Å². The quantitative estimate of drug-likeness (QED) is 0.557. The predicted molar refractivity (Wildman–Crippen MR) is 122 cm³/mol. The second-order valence-corrected chi connectivity index (χ2v) is 10.1. The van der Waals surface area contributed by atoms with Gasteiger partial charge in [0.05, 0.1) is 18.8 Å². The Morgan fingerprint density at radius 2 is 1.76 bits per heavy atom. The Morgan fingerprint density at radius 1 is 1.00 bits per heavy atom. The normalized spacial score (nSPS) is 19.3. The van der Waals surface area contributed by atoms with Crippen molar-refractivity contribution in [2.24, 2.45) is 5.41 Å². The number of aromatic nitrogens is 4. The lowest BCUT2D eigenvalue weighted by Gasteiger charge is -2.60. The summed E-state index contributed by atoms with van der Waals surface area (Å²) in [6.45, 7) is 4.66. The van der Waals surface area contributed by atoms with Crippen LogP contribution < -0.4 is 9.80 Å². The summed E-state index contributed by atoms with van der Waals surface area (Å²) in [5, 5.41) is 9.18. The van der Waals surface area contributed by atoms with Gasteiger partial charge in [-0.05, 0) is 42.8 Å². The van der Waals surface area contributed by atoms with Crippen LogP contribution in [0.15, 0.2) is 36.4 Å². The molecule has 0 radical (unpaired) electrons. The van der Waals surface area contributed by atoms with Gasteiger partial charge in [0.15, 0.2) is 5.82 Å². The zero-order valence-corrected chi connectivity index (χ0v) is 19.3. The minimum Gasteiger partial charge on any atom is -0.355 e. The minimum absolute atomic E-state index is 0.0601. The molecule has 5 heterocycles. The van der Waals surface area contributed by atoms with E-state index in [1.165, 1.54) is 4.90 Å². The number of benzene rings is 1. The van der Waals surface area contributed by atoms with Crippen molar-refractivity contribution >= 4 is 23.4 Å². The highest BCUT2D eigenvalue weighted by molar-refractivity contribution is 6.30. The second kappa shape index (κ2) is 7.58. The number of anilines is 2. The van der Waals surface area contributed by atoms with Gasteiger partial charge in [-0.15, -0.1) is 10.2 Å². The van der Waals surface area contributed by atoms with Crippen LogP contribution in [0.4, 0.5) is 24.9 Å². The molecule has 178 valence electrons. The summed E-state index contributed by atoms with van der Waals surface area (Å²) in [4.78, 5) is 10.4. The molecule has 0 unspecified atom stereocenters. The standard InChI is InChI=1S/C23H23ClF3N7/c1-15-3-2-4-19(28-15)32-10-22(11-32)12-33(13-22)21-30-29-20-9-31(14-23(25,26)27)8-16-7-17(24)5-6-18(16)34(20)21/h2-7H,8-14H2,1H3. The Balaban J connectivity index is 1.24. The second-order valence-electron chi connectivity index (χ2n) is 9.63. The van der Waals surface area contributed by atoms with E-state index in [9.17, 15) is 13.2 Å². The number of fused-ring (bicyclic) bond motifs is 3. The van der Waals surface area contributed by atoms with Gasteiger partial charge in [0.1, 0.15) is 5.82 Å². The molecule has 0 aliphatic carbocycles. The molecule has 3 aromatic rings. The number of hydrogen-bond donors (Lipinski definition) is 0. The summed E-state index contributed by atoms with van der Waals surface area (Å²) < 4.78 is 41.4. The van der Waals surface area contributed by atoms with Crippen molar-refractivity contribution in [3.63, 3.8) is 0 Å². The van der Waals surface area contributed by atoms with Gasteiger partial charge < -0.3 is 9.80 Å². The van der Waals surface area contributed by atoms with E-state index in [0.717, 1.165) is 48.9 Å². The molecule has 3 aliphatic rings. The van der Waals surface area contributed by atoms with Gasteiger partial charge in [-0.1, -0.05) is 17.7 Å². The summed E-state index contributed by atoms with van der Waals surface area (Å²) in [7, 11) is 0. The number of rotatable bonds is 3. The van der Waals surface area contributed by atoms with Gasteiger partial charge in [-0.2, -0.15) is 13.2 Å².